The van der Waals surface area contributed by atoms with Gasteiger partial charge in [0.25, 0.3) is 5.69 Å². The van der Waals surface area contributed by atoms with E-state index in [0.29, 0.717) is 5.88 Å². The maximum atomic E-state index is 10.4. The van der Waals surface area contributed by atoms with Gasteiger partial charge in [0.15, 0.2) is 0 Å². The number of nitro benzene ring substituents is 1. The molecule has 0 aliphatic heterocycles. The van der Waals surface area contributed by atoms with E-state index in [-0.39, 0.29) is 23.0 Å². The fraction of sp³-hybridized carbons (Fsp3) is 0.455. The molecule has 17 heavy (non-hydrogen) atoms. The average Bonchev–Trinajstić information content (AvgIpc) is 2.27. The molecule has 0 amide bonds. The third-order valence-corrected chi connectivity index (χ3v) is 2.56. The molecule has 1 aromatic carbocycles. The first-order chi connectivity index (χ1) is 7.63. The fourth-order valence-corrected chi connectivity index (χ4v) is 1.65. The molecule has 0 aliphatic carbocycles. The molecule has 0 spiro atoms. The van der Waals surface area contributed by atoms with Crippen molar-refractivity contribution in [1.29, 1.82) is 0 Å². The van der Waals surface area contributed by atoms with E-state index in [2.05, 4.69) is 4.90 Å². The Labute approximate surface area is 112 Å². The zero-order chi connectivity index (χ0) is 12.0. The molecule has 0 bridgehead atoms. The average molecular weight is 279 g/mol. The summed E-state index contributed by atoms with van der Waals surface area (Å²) >= 11 is 5.62. The quantitative estimate of drug-likeness (QED) is 0.457. The lowest BCUT2D eigenvalue weighted by Gasteiger charge is -2.14. The zero-order valence-electron chi connectivity index (χ0n) is 9.63. The fourth-order valence-electron chi connectivity index (χ4n) is 1.36. The Hall–Kier alpha value is -0.840. The molecule has 0 saturated heterocycles. The summed E-state index contributed by atoms with van der Waals surface area (Å²) < 4.78 is 0. The molecular weight excluding hydrogens is 263 g/mol. The second-order valence-corrected chi connectivity index (χ2v) is 4.04. The van der Waals surface area contributed by atoms with Crippen LogP contribution in [0.25, 0.3) is 0 Å². The van der Waals surface area contributed by atoms with Crippen molar-refractivity contribution in [1.82, 2.24) is 4.90 Å². The number of rotatable bonds is 6. The molecular formula is C11H16Cl2N2O2. The van der Waals surface area contributed by atoms with E-state index in [1.807, 2.05) is 7.05 Å². The molecule has 0 saturated carbocycles. The number of hydrogen-bond acceptors (Lipinski definition) is 3. The lowest BCUT2D eigenvalue weighted by molar-refractivity contribution is -0.384. The Morgan fingerprint density at radius 1 is 1.29 bits per heavy atom. The van der Waals surface area contributed by atoms with Gasteiger partial charge >= 0.3 is 0 Å². The van der Waals surface area contributed by atoms with Gasteiger partial charge in [-0.15, -0.1) is 24.0 Å². The molecule has 1 aromatic rings. The maximum absolute atomic E-state index is 10.4. The number of nitrogens with zero attached hydrogens (tertiary/aromatic N) is 2. The molecule has 0 N–H and O–H groups in total. The van der Waals surface area contributed by atoms with E-state index in [0.717, 1.165) is 25.1 Å². The molecule has 0 heterocycles. The summed E-state index contributed by atoms with van der Waals surface area (Å²) in [5.74, 6) is 0.622. The van der Waals surface area contributed by atoms with Gasteiger partial charge in [0.2, 0.25) is 0 Å². The van der Waals surface area contributed by atoms with E-state index < -0.39 is 0 Å². The minimum atomic E-state index is -0.386. The Kier molecular flexibility index (Phi) is 7.87. The molecule has 0 aliphatic rings. The highest BCUT2D eigenvalue weighted by Crippen LogP contribution is 2.12. The molecule has 6 heteroatoms. The van der Waals surface area contributed by atoms with Crippen LogP contribution in [-0.2, 0) is 6.42 Å². The Balaban J connectivity index is 0.00000256. The summed E-state index contributed by atoms with van der Waals surface area (Å²) in [6.45, 7) is 1.76. The lowest BCUT2D eigenvalue weighted by atomic mass is 10.1. The van der Waals surface area contributed by atoms with Crippen LogP contribution in [0.3, 0.4) is 0 Å². The molecule has 96 valence electrons. The van der Waals surface area contributed by atoms with Crippen LogP contribution in [0, 0.1) is 10.1 Å². The maximum Gasteiger partial charge on any atom is 0.269 e. The molecule has 0 fully saturated rings. The highest BCUT2D eigenvalue weighted by molar-refractivity contribution is 6.18. The van der Waals surface area contributed by atoms with E-state index in [1.165, 1.54) is 12.1 Å². The summed E-state index contributed by atoms with van der Waals surface area (Å²) in [5.41, 5.74) is 1.24. The van der Waals surface area contributed by atoms with Gasteiger partial charge in [0.05, 0.1) is 4.92 Å². The van der Waals surface area contributed by atoms with Crippen LogP contribution in [-0.4, -0.2) is 35.8 Å². The van der Waals surface area contributed by atoms with Gasteiger partial charge < -0.3 is 4.90 Å². The van der Waals surface area contributed by atoms with Crippen molar-refractivity contribution in [2.45, 2.75) is 6.42 Å². The van der Waals surface area contributed by atoms with Gasteiger partial charge in [0.1, 0.15) is 0 Å². The lowest BCUT2D eigenvalue weighted by Crippen LogP contribution is -2.23. The van der Waals surface area contributed by atoms with E-state index >= 15 is 0 Å². The van der Waals surface area contributed by atoms with E-state index in [4.69, 9.17) is 11.6 Å². The van der Waals surface area contributed by atoms with Gasteiger partial charge in [-0.3, -0.25) is 10.1 Å². The van der Waals surface area contributed by atoms with E-state index in [1.54, 1.807) is 12.1 Å². The Bertz CT molecular complexity index is 344. The second kappa shape index (κ2) is 8.28. The normalized spacial score (nSPS) is 10.1. The van der Waals surface area contributed by atoms with Crippen LogP contribution in [0.5, 0.6) is 0 Å². The number of non-ortho nitro benzene ring substituents is 1. The third kappa shape index (κ3) is 5.86. The topological polar surface area (TPSA) is 46.4 Å². The summed E-state index contributed by atoms with van der Waals surface area (Å²) in [6.07, 6.45) is 0.880. The van der Waals surface area contributed by atoms with Gasteiger partial charge in [0, 0.05) is 31.1 Å². The first-order valence-electron chi connectivity index (χ1n) is 5.11. The largest absolute Gasteiger partial charge is 0.305 e. The van der Waals surface area contributed by atoms with E-state index in [9.17, 15) is 10.1 Å². The standard InChI is InChI=1S/C11H15ClN2O2.ClH/c1-13(9-7-12)8-6-10-2-4-11(5-3-10)14(15)16;/h2-5H,6-9H2,1H3;1H. The van der Waals surface area contributed by atoms with Crippen molar-refractivity contribution in [3.8, 4) is 0 Å². The van der Waals surface area contributed by atoms with Crippen LogP contribution >= 0.6 is 24.0 Å². The monoisotopic (exact) mass is 278 g/mol. The van der Waals surface area contributed by atoms with Gasteiger partial charge in [-0.25, -0.2) is 0 Å². The SMILES string of the molecule is CN(CCCl)CCc1ccc([N+](=O)[O-])cc1.Cl. The van der Waals surface area contributed by atoms with Gasteiger partial charge in [-0.2, -0.15) is 0 Å². The molecule has 1 rings (SSSR count). The first kappa shape index (κ1) is 16.2. The molecule has 0 radical (unpaired) electrons. The van der Waals surface area contributed by atoms with Crippen LogP contribution < -0.4 is 0 Å². The number of alkyl halides is 1. The highest BCUT2D eigenvalue weighted by Gasteiger charge is 2.04. The summed E-state index contributed by atoms with van der Waals surface area (Å²) in [4.78, 5) is 12.2. The van der Waals surface area contributed by atoms with Crippen LogP contribution in [0.4, 0.5) is 5.69 Å². The predicted molar refractivity (Wildman–Crippen MR) is 72.3 cm³/mol. The van der Waals surface area contributed by atoms with Crippen molar-refractivity contribution in [2.24, 2.45) is 0 Å². The molecule has 0 aromatic heterocycles. The minimum absolute atomic E-state index is 0. The number of halogens is 2. The van der Waals surface area contributed by atoms with Crippen molar-refractivity contribution >= 4 is 29.7 Å². The Morgan fingerprint density at radius 2 is 1.88 bits per heavy atom. The highest BCUT2D eigenvalue weighted by atomic mass is 35.5. The van der Waals surface area contributed by atoms with Crippen molar-refractivity contribution in [3.63, 3.8) is 0 Å². The molecule has 0 atom stereocenters. The third-order valence-electron chi connectivity index (χ3n) is 2.40. The van der Waals surface area contributed by atoms with Gasteiger partial charge in [-0.1, -0.05) is 12.1 Å². The first-order valence-corrected chi connectivity index (χ1v) is 5.65. The minimum Gasteiger partial charge on any atom is -0.305 e. The molecule has 0 unspecified atom stereocenters. The predicted octanol–water partition coefficient (Wildman–Crippen LogP) is 2.73. The van der Waals surface area contributed by atoms with Crippen molar-refractivity contribution < 1.29 is 4.92 Å². The zero-order valence-corrected chi connectivity index (χ0v) is 11.2. The van der Waals surface area contributed by atoms with Crippen molar-refractivity contribution in [3.05, 3.63) is 39.9 Å². The summed E-state index contributed by atoms with van der Waals surface area (Å²) in [5, 5.41) is 10.4. The number of likely N-dealkylation sites (N-methyl/N-ethyl adjacent to an activating group) is 1. The van der Waals surface area contributed by atoms with Crippen molar-refractivity contribution in [2.75, 3.05) is 26.0 Å². The van der Waals surface area contributed by atoms with Crippen LogP contribution in [0.2, 0.25) is 0 Å². The van der Waals surface area contributed by atoms with Gasteiger partial charge in [-0.05, 0) is 19.0 Å². The smallest absolute Gasteiger partial charge is 0.269 e. The van der Waals surface area contributed by atoms with Crippen LogP contribution in [0.1, 0.15) is 5.56 Å². The summed E-state index contributed by atoms with van der Waals surface area (Å²) in [7, 11) is 2.01. The molecule has 4 nitrogen and oxygen atoms in total. The number of nitro groups is 1. The number of benzene rings is 1. The summed E-state index contributed by atoms with van der Waals surface area (Å²) in [6, 6.07) is 6.67. The second-order valence-electron chi connectivity index (χ2n) is 3.67. The van der Waals surface area contributed by atoms with Crippen LogP contribution in [0.15, 0.2) is 24.3 Å². The number of hydrogen-bond donors (Lipinski definition) is 0. The Morgan fingerprint density at radius 3 is 2.35 bits per heavy atom.